The summed E-state index contributed by atoms with van der Waals surface area (Å²) in [5.74, 6) is 0.847. The van der Waals surface area contributed by atoms with Gasteiger partial charge in [0, 0.05) is 0 Å². The topological polar surface area (TPSA) is 83.0 Å². The molecule has 1 aromatic rings. The first-order chi connectivity index (χ1) is 5.36. The van der Waals surface area contributed by atoms with Crippen LogP contribution in [0, 0.1) is 0 Å². The zero-order valence-electron chi connectivity index (χ0n) is 5.53. The smallest absolute Gasteiger partial charge is 0.247 e. The zero-order valence-corrected chi connectivity index (χ0v) is 5.53. The van der Waals surface area contributed by atoms with Crippen LogP contribution in [0.1, 0.15) is 5.82 Å². The SMILES string of the molecule is O=C1CN=C(c2ncn[nH]2)N1. The largest absolute Gasteiger partial charge is 0.306 e. The van der Waals surface area contributed by atoms with E-state index >= 15 is 0 Å². The van der Waals surface area contributed by atoms with Gasteiger partial charge in [-0.05, 0) is 0 Å². The molecule has 6 heteroatoms. The molecular formula is C5H5N5O. The van der Waals surface area contributed by atoms with Gasteiger partial charge in [0.05, 0.1) is 0 Å². The van der Waals surface area contributed by atoms with Crippen molar-refractivity contribution in [2.24, 2.45) is 4.99 Å². The number of aromatic nitrogens is 3. The standard InChI is InChI=1S/C5H5N5O/c11-3-1-6-4(9-3)5-7-2-8-10-5/h2H,1H2,(H,6,9,11)(H,7,8,10). The molecule has 2 rings (SSSR count). The highest BCUT2D eigenvalue weighted by molar-refractivity contribution is 6.10. The fraction of sp³-hybridized carbons (Fsp3) is 0.200. The summed E-state index contributed by atoms with van der Waals surface area (Å²) in [6.07, 6.45) is 1.36. The maximum Gasteiger partial charge on any atom is 0.247 e. The summed E-state index contributed by atoms with van der Waals surface area (Å²) < 4.78 is 0. The summed E-state index contributed by atoms with van der Waals surface area (Å²) in [4.78, 5) is 18.4. The molecule has 11 heavy (non-hydrogen) atoms. The Balaban J connectivity index is 2.26. The Hall–Kier alpha value is -1.72. The molecule has 0 aliphatic carbocycles. The van der Waals surface area contributed by atoms with Crippen molar-refractivity contribution in [2.75, 3.05) is 6.54 Å². The maximum absolute atomic E-state index is 10.7. The Morgan fingerprint density at radius 3 is 3.00 bits per heavy atom. The molecule has 1 amide bonds. The molecule has 2 heterocycles. The highest BCUT2D eigenvalue weighted by atomic mass is 16.2. The van der Waals surface area contributed by atoms with Crippen LogP contribution in [0.3, 0.4) is 0 Å². The van der Waals surface area contributed by atoms with Crippen LogP contribution in [0.4, 0.5) is 0 Å². The number of hydrogen-bond donors (Lipinski definition) is 2. The first kappa shape index (κ1) is 6.02. The lowest BCUT2D eigenvalue weighted by Crippen LogP contribution is -2.26. The fourth-order valence-corrected chi connectivity index (χ4v) is 0.816. The van der Waals surface area contributed by atoms with E-state index in [0.717, 1.165) is 0 Å². The van der Waals surface area contributed by atoms with Crippen molar-refractivity contribution in [1.29, 1.82) is 0 Å². The van der Waals surface area contributed by atoms with E-state index in [0.29, 0.717) is 11.7 Å². The Morgan fingerprint density at radius 1 is 1.55 bits per heavy atom. The number of nitrogens with one attached hydrogen (secondary N) is 2. The van der Waals surface area contributed by atoms with E-state index in [1.807, 2.05) is 0 Å². The minimum Gasteiger partial charge on any atom is -0.306 e. The van der Waals surface area contributed by atoms with Crippen LogP contribution < -0.4 is 5.32 Å². The van der Waals surface area contributed by atoms with E-state index in [4.69, 9.17) is 0 Å². The van der Waals surface area contributed by atoms with Gasteiger partial charge in [-0.1, -0.05) is 0 Å². The van der Waals surface area contributed by atoms with Gasteiger partial charge in [0.25, 0.3) is 0 Å². The van der Waals surface area contributed by atoms with E-state index in [2.05, 4.69) is 25.5 Å². The molecule has 0 saturated heterocycles. The molecular weight excluding hydrogens is 146 g/mol. The number of amides is 1. The second kappa shape index (κ2) is 2.15. The third kappa shape index (κ3) is 0.977. The monoisotopic (exact) mass is 151 g/mol. The minimum atomic E-state index is -0.114. The predicted octanol–water partition coefficient (Wildman–Crippen LogP) is -1.32. The lowest BCUT2D eigenvalue weighted by atomic mass is 10.5. The number of carbonyl (C=O) groups is 1. The van der Waals surface area contributed by atoms with Gasteiger partial charge in [-0.15, -0.1) is 0 Å². The van der Waals surface area contributed by atoms with Crippen molar-refractivity contribution < 1.29 is 4.79 Å². The average molecular weight is 151 g/mol. The van der Waals surface area contributed by atoms with Gasteiger partial charge in [-0.25, -0.2) is 4.98 Å². The highest BCUT2D eigenvalue weighted by Gasteiger charge is 2.16. The molecule has 0 atom stereocenters. The second-order valence-electron chi connectivity index (χ2n) is 2.05. The maximum atomic E-state index is 10.7. The molecule has 0 unspecified atom stereocenters. The summed E-state index contributed by atoms with van der Waals surface area (Å²) in [6.45, 7) is 0.177. The Kier molecular flexibility index (Phi) is 1.18. The van der Waals surface area contributed by atoms with Crippen LogP contribution in [-0.2, 0) is 4.79 Å². The first-order valence-corrected chi connectivity index (χ1v) is 3.06. The zero-order chi connectivity index (χ0) is 7.68. The van der Waals surface area contributed by atoms with Crippen molar-refractivity contribution in [2.45, 2.75) is 0 Å². The molecule has 1 aromatic heterocycles. The van der Waals surface area contributed by atoms with Crippen LogP contribution in [-0.4, -0.2) is 33.5 Å². The van der Waals surface area contributed by atoms with E-state index in [1.165, 1.54) is 6.33 Å². The van der Waals surface area contributed by atoms with Gasteiger partial charge in [0.2, 0.25) is 5.91 Å². The summed E-state index contributed by atoms with van der Waals surface area (Å²) >= 11 is 0. The Morgan fingerprint density at radius 2 is 2.45 bits per heavy atom. The molecule has 1 aliphatic rings. The number of hydrogen-bond acceptors (Lipinski definition) is 4. The molecule has 0 spiro atoms. The lowest BCUT2D eigenvalue weighted by Gasteiger charge is -1.92. The van der Waals surface area contributed by atoms with Gasteiger partial charge in [-0.3, -0.25) is 14.9 Å². The average Bonchev–Trinajstić information content (AvgIpc) is 2.55. The Bertz CT molecular complexity index is 301. The molecule has 6 nitrogen and oxygen atoms in total. The Labute approximate surface area is 61.7 Å². The summed E-state index contributed by atoms with van der Waals surface area (Å²) in [7, 11) is 0. The normalized spacial score (nSPS) is 16.4. The second-order valence-corrected chi connectivity index (χ2v) is 2.05. The van der Waals surface area contributed by atoms with Crippen molar-refractivity contribution in [3.8, 4) is 0 Å². The number of H-pyrrole nitrogens is 1. The molecule has 56 valence electrons. The van der Waals surface area contributed by atoms with E-state index in [-0.39, 0.29) is 12.5 Å². The summed E-state index contributed by atoms with van der Waals surface area (Å²) in [5.41, 5.74) is 0. The van der Waals surface area contributed by atoms with Gasteiger partial charge in [0.1, 0.15) is 12.9 Å². The van der Waals surface area contributed by atoms with Gasteiger partial charge in [0.15, 0.2) is 11.7 Å². The van der Waals surface area contributed by atoms with Crippen molar-refractivity contribution in [1.82, 2.24) is 20.5 Å². The fourth-order valence-electron chi connectivity index (χ4n) is 0.816. The molecule has 0 bridgehead atoms. The minimum absolute atomic E-state index is 0.114. The van der Waals surface area contributed by atoms with Gasteiger partial charge < -0.3 is 5.32 Å². The van der Waals surface area contributed by atoms with Crippen molar-refractivity contribution in [3.05, 3.63) is 12.2 Å². The van der Waals surface area contributed by atoms with Gasteiger partial charge >= 0.3 is 0 Å². The number of aromatic amines is 1. The van der Waals surface area contributed by atoms with Crippen LogP contribution in [0.15, 0.2) is 11.3 Å². The molecule has 0 radical (unpaired) electrons. The van der Waals surface area contributed by atoms with Crippen LogP contribution in [0.2, 0.25) is 0 Å². The molecule has 0 aromatic carbocycles. The van der Waals surface area contributed by atoms with Crippen molar-refractivity contribution in [3.63, 3.8) is 0 Å². The third-order valence-corrected chi connectivity index (χ3v) is 1.28. The highest BCUT2D eigenvalue weighted by Crippen LogP contribution is 1.93. The van der Waals surface area contributed by atoms with E-state index < -0.39 is 0 Å². The molecule has 1 aliphatic heterocycles. The number of aliphatic imine (C=N–C) groups is 1. The lowest BCUT2D eigenvalue weighted by molar-refractivity contribution is -0.117. The van der Waals surface area contributed by atoms with Crippen molar-refractivity contribution >= 4 is 11.7 Å². The van der Waals surface area contributed by atoms with E-state index in [1.54, 1.807) is 0 Å². The van der Waals surface area contributed by atoms with Gasteiger partial charge in [-0.2, -0.15) is 5.10 Å². The van der Waals surface area contributed by atoms with E-state index in [9.17, 15) is 4.79 Å². The van der Waals surface area contributed by atoms with Crippen LogP contribution >= 0.6 is 0 Å². The third-order valence-electron chi connectivity index (χ3n) is 1.28. The number of carbonyl (C=O) groups excluding carboxylic acids is 1. The molecule has 0 saturated carbocycles. The molecule has 2 N–H and O–H groups in total. The predicted molar refractivity (Wildman–Crippen MR) is 35.9 cm³/mol. The quantitative estimate of drug-likeness (QED) is 0.522. The summed E-state index contributed by atoms with van der Waals surface area (Å²) in [6, 6.07) is 0. The number of rotatable bonds is 1. The number of amidine groups is 1. The first-order valence-electron chi connectivity index (χ1n) is 3.06. The van der Waals surface area contributed by atoms with Crippen LogP contribution in [0.5, 0.6) is 0 Å². The van der Waals surface area contributed by atoms with Crippen LogP contribution in [0.25, 0.3) is 0 Å². The number of nitrogens with zero attached hydrogens (tertiary/aromatic N) is 3. The molecule has 0 fully saturated rings. The summed E-state index contributed by atoms with van der Waals surface area (Å²) in [5, 5.41) is 8.75.